The molecule has 1 saturated heterocycles. The average Bonchev–Trinajstić information content (AvgIpc) is 2.81. The number of rotatable bonds is 1. The molecule has 1 fully saturated rings. The standard InChI is InChI=1S/C20H29BrN2O3/c1-12-8-15-14(16(21)9-12)10-17(24)18(15)22-6-7-23(13(2)11-22)19(25)26-20(3,4)5/h8-9,13,17-18,24H,6-7,10-11H2,1-5H3/t13-,17-,18-/m1/s1. The van der Waals surface area contributed by atoms with E-state index in [-0.39, 0.29) is 18.2 Å². The van der Waals surface area contributed by atoms with Gasteiger partial charge in [0.2, 0.25) is 0 Å². The predicted molar refractivity (Wildman–Crippen MR) is 105 cm³/mol. The quantitative estimate of drug-likeness (QED) is 0.747. The molecule has 1 heterocycles. The summed E-state index contributed by atoms with van der Waals surface area (Å²) in [5.41, 5.74) is 3.12. The lowest BCUT2D eigenvalue weighted by Crippen LogP contribution is -2.56. The highest BCUT2D eigenvalue weighted by Crippen LogP contribution is 2.41. The van der Waals surface area contributed by atoms with Crippen molar-refractivity contribution in [3.63, 3.8) is 0 Å². The number of carbonyl (C=O) groups excluding carboxylic acids is 1. The third-order valence-electron chi connectivity index (χ3n) is 5.15. The van der Waals surface area contributed by atoms with E-state index in [4.69, 9.17) is 4.74 Å². The zero-order valence-corrected chi connectivity index (χ0v) is 17.8. The fraction of sp³-hybridized carbons (Fsp3) is 0.650. The minimum atomic E-state index is -0.488. The fourth-order valence-corrected chi connectivity index (χ4v) is 4.83. The zero-order chi connectivity index (χ0) is 19.2. The van der Waals surface area contributed by atoms with Gasteiger partial charge in [0.05, 0.1) is 12.1 Å². The second-order valence-electron chi connectivity index (χ2n) is 8.55. The number of aliphatic hydroxyl groups is 1. The first-order valence-corrected chi connectivity index (χ1v) is 10.1. The van der Waals surface area contributed by atoms with Crippen LogP contribution >= 0.6 is 15.9 Å². The summed E-state index contributed by atoms with van der Waals surface area (Å²) >= 11 is 3.65. The molecule has 2 aliphatic rings. The lowest BCUT2D eigenvalue weighted by atomic mass is 10.0. The molecule has 1 aromatic rings. The van der Waals surface area contributed by atoms with E-state index in [1.807, 2.05) is 27.7 Å². The summed E-state index contributed by atoms with van der Waals surface area (Å²) in [5.74, 6) is 0. The van der Waals surface area contributed by atoms with Gasteiger partial charge in [0.15, 0.2) is 0 Å². The van der Waals surface area contributed by atoms with Crippen molar-refractivity contribution in [2.75, 3.05) is 19.6 Å². The first kappa shape index (κ1) is 19.6. The van der Waals surface area contributed by atoms with E-state index in [1.54, 1.807) is 4.90 Å². The van der Waals surface area contributed by atoms with Gasteiger partial charge in [-0.25, -0.2) is 4.79 Å². The van der Waals surface area contributed by atoms with Crippen LogP contribution in [0.2, 0.25) is 0 Å². The maximum Gasteiger partial charge on any atom is 0.410 e. The molecule has 1 aromatic carbocycles. The SMILES string of the molecule is Cc1cc(Br)c2c(c1)[C@@H](N1CCN(C(=O)OC(C)(C)C)[C@H](C)C1)[C@H](O)C2. The Balaban J connectivity index is 1.75. The van der Waals surface area contributed by atoms with Gasteiger partial charge in [-0.1, -0.05) is 22.0 Å². The minimum absolute atomic E-state index is 0.00978. The van der Waals surface area contributed by atoms with Crippen molar-refractivity contribution in [1.82, 2.24) is 9.80 Å². The number of benzene rings is 1. The topological polar surface area (TPSA) is 53.0 Å². The van der Waals surface area contributed by atoms with Crippen LogP contribution in [0, 0.1) is 6.92 Å². The third kappa shape index (κ3) is 3.92. The van der Waals surface area contributed by atoms with Crippen molar-refractivity contribution in [3.8, 4) is 0 Å². The molecule has 3 atom stereocenters. The van der Waals surface area contributed by atoms with E-state index >= 15 is 0 Å². The minimum Gasteiger partial charge on any atom is -0.444 e. The van der Waals surface area contributed by atoms with Crippen LogP contribution in [0.25, 0.3) is 0 Å². The Morgan fingerprint density at radius 1 is 1.31 bits per heavy atom. The van der Waals surface area contributed by atoms with Crippen LogP contribution in [-0.4, -0.2) is 58.4 Å². The van der Waals surface area contributed by atoms with Crippen LogP contribution < -0.4 is 0 Å². The Kier molecular flexibility index (Phi) is 5.39. The molecule has 5 nitrogen and oxygen atoms in total. The fourth-order valence-electron chi connectivity index (χ4n) is 4.08. The van der Waals surface area contributed by atoms with Crippen LogP contribution in [0.4, 0.5) is 4.79 Å². The molecule has 6 heteroatoms. The molecule has 0 saturated carbocycles. The number of hydrogen-bond donors (Lipinski definition) is 1. The number of aryl methyl sites for hydroxylation is 1. The highest BCUT2D eigenvalue weighted by Gasteiger charge is 2.40. The Hall–Kier alpha value is -1.11. The number of piperazine rings is 1. The van der Waals surface area contributed by atoms with Crippen LogP contribution in [-0.2, 0) is 11.2 Å². The van der Waals surface area contributed by atoms with E-state index in [0.29, 0.717) is 13.0 Å². The lowest BCUT2D eigenvalue weighted by Gasteiger charge is -2.43. The Morgan fingerprint density at radius 2 is 2.00 bits per heavy atom. The van der Waals surface area contributed by atoms with Gasteiger partial charge in [-0.05, 0) is 57.4 Å². The molecular weight excluding hydrogens is 396 g/mol. The second kappa shape index (κ2) is 7.13. The van der Waals surface area contributed by atoms with E-state index < -0.39 is 11.7 Å². The van der Waals surface area contributed by atoms with E-state index in [2.05, 4.69) is 39.9 Å². The van der Waals surface area contributed by atoms with Gasteiger partial charge in [0, 0.05) is 36.6 Å². The Labute approximate surface area is 164 Å². The summed E-state index contributed by atoms with van der Waals surface area (Å²) in [6.45, 7) is 11.9. The van der Waals surface area contributed by atoms with Crippen LogP contribution in [0.3, 0.4) is 0 Å². The molecule has 1 N–H and O–H groups in total. The summed E-state index contributed by atoms with van der Waals surface area (Å²) in [4.78, 5) is 16.5. The molecule has 1 amide bonds. The molecule has 0 spiro atoms. The molecule has 26 heavy (non-hydrogen) atoms. The summed E-state index contributed by atoms with van der Waals surface area (Å²) in [6, 6.07) is 4.33. The van der Waals surface area contributed by atoms with Crippen molar-refractivity contribution in [2.45, 2.75) is 64.8 Å². The van der Waals surface area contributed by atoms with Gasteiger partial charge in [0.25, 0.3) is 0 Å². The molecular formula is C20H29BrN2O3. The van der Waals surface area contributed by atoms with Gasteiger partial charge in [-0.3, -0.25) is 4.90 Å². The first-order valence-electron chi connectivity index (χ1n) is 9.27. The number of aliphatic hydroxyl groups excluding tert-OH is 1. The van der Waals surface area contributed by atoms with Gasteiger partial charge >= 0.3 is 6.09 Å². The average molecular weight is 425 g/mol. The number of carbonyl (C=O) groups is 1. The monoisotopic (exact) mass is 424 g/mol. The van der Waals surface area contributed by atoms with E-state index in [1.165, 1.54) is 16.7 Å². The lowest BCUT2D eigenvalue weighted by molar-refractivity contribution is -0.0179. The zero-order valence-electron chi connectivity index (χ0n) is 16.3. The number of hydrogen-bond acceptors (Lipinski definition) is 4. The van der Waals surface area contributed by atoms with Crippen molar-refractivity contribution in [3.05, 3.63) is 33.3 Å². The Morgan fingerprint density at radius 3 is 2.62 bits per heavy atom. The number of halogens is 1. The third-order valence-corrected chi connectivity index (χ3v) is 5.86. The van der Waals surface area contributed by atoms with Crippen molar-refractivity contribution < 1.29 is 14.6 Å². The van der Waals surface area contributed by atoms with Crippen LogP contribution in [0.1, 0.15) is 50.4 Å². The molecule has 144 valence electrons. The van der Waals surface area contributed by atoms with Gasteiger partial charge in [-0.15, -0.1) is 0 Å². The number of nitrogens with zero attached hydrogens (tertiary/aromatic N) is 2. The molecule has 0 radical (unpaired) electrons. The summed E-state index contributed by atoms with van der Waals surface area (Å²) in [5, 5.41) is 10.7. The molecule has 3 rings (SSSR count). The highest BCUT2D eigenvalue weighted by atomic mass is 79.9. The van der Waals surface area contributed by atoms with E-state index in [9.17, 15) is 9.90 Å². The van der Waals surface area contributed by atoms with Crippen molar-refractivity contribution >= 4 is 22.0 Å². The summed E-state index contributed by atoms with van der Waals surface area (Å²) in [7, 11) is 0. The van der Waals surface area contributed by atoms with Gasteiger partial charge in [0.1, 0.15) is 5.60 Å². The molecule has 1 aliphatic heterocycles. The van der Waals surface area contributed by atoms with Gasteiger partial charge < -0.3 is 14.7 Å². The van der Waals surface area contributed by atoms with Gasteiger partial charge in [-0.2, -0.15) is 0 Å². The molecule has 0 aromatic heterocycles. The molecule has 0 bridgehead atoms. The number of amides is 1. The number of fused-ring (bicyclic) bond motifs is 1. The summed E-state index contributed by atoms with van der Waals surface area (Å²) < 4.78 is 6.61. The second-order valence-corrected chi connectivity index (χ2v) is 9.40. The smallest absolute Gasteiger partial charge is 0.410 e. The molecule has 0 unspecified atom stereocenters. The predicted octanol–water partition coefficient (Wildman–Crippen LogP) is 3.66. The first-order chi connectivity index (χ1) is 12.1. The normalized spacial score (nSPS) is 26.7. The van der Waals surface area contributed by atoms with Crippen LogP contribution in [0.15, 0.2) is 16.6 Å². The maximum absolute atomic E-state index is 12.4. The van der Waals surface area contributed by atoms with Crippen LogP contribution in [0.5, 0.6) is 0 Å². The van der Waals surface area contributed by atoms with E-state index in [0.717, 1.165) is 17.6 Å². The number of ether oxygens (including phenoxy) is 1. The Bertz CT molecular complexity index is 701. The molecule has 1 aliphatic carbocycles. The summed E-state index contributed by atoms with van der Waals surface area (Å²) in [6.07, 6.45) is 0.000573. The van der Waals surface area contributed by atoms with Crippen molar-refractivity contribution in [1.29, 1.82) is 0 Å². The highest BCUT2D eigenvalue weighted by molar-refractivity contribution is 9.10. The maximum atomic E-state index is 12.4. The largest absolute Gasteiger partial charge is 0.444 e. The van der Waals surface area contributed by atoms with Crippen molar-refractivity contribution in [2.24, 2.45) is 0 Å².